The zero-order chi connectivity index (χ0) is 7.03. The third-order valence-corrected chi connectivity index (χ3v) is 3.44. The summed E-state index contributed by atoms with van der Waals surface area (Å²) in [6, 6.07) is 0. The molecule has 2 aliphatic heterocycles. The number of ether oxygens (including phenoxy) is 1. The van der Waals surface area contributed by atoms with E-state index in [4.69, 9.17) is 4.74 Å². The highest BCUT2D eigenvalue weighted by molar-refractivity contribution is 14.1. The molecule has 1 atom stereocenters. The van der Waals surface area contributed by atoms with Crippen LogP contribution in [0.2, 0.25) is 0 Å². The van der Waals surface area contributed by atoms with E-state index in [2.05, 4.69) is 27.9 Å². The number of nitrogens with one attached hydrogen (secondary N) is 1. The molecule has 2 saturated heterocycles. The van der Waals surface area contributed by atoms with Crippen molar-refractivity contribution in [2.45, 2.75) is 12.5 Å². The molecule has 0 bridgehead atoms. The quantitative estimate of drug-likeness (QED) is 0.551. The Hall–Kier alpha value is 0.650. The molecule has 10 heavy (non-hydrogen) atoms. The van der Waals surface area contributed by atoms with Gasteiger partial charge in [0.1, 0.15) is 0 Å². The van der Waals surface area contributed by atoms with Gasteiger partial charge in [0, 0.05) is 22.9 Å². The maximum atomic E-state index is 5.61. The van der Waals surface area contributed by atoms with Crippen molar-refractivity contribution in [1.82, 2.24) is 5.32 Å². The summed E-state index contributed by atoms with van der Waals surface area (Å²) in [5, 5.41) is 3.31. The van der Waals surface area contributed by atoms with Crippen LogP contribution in [0, 0.1) is 5.41 Å². The number of halogens is 1. The van der Waals surface area contributed by atoms with Crippen molar-refractivity contribution in [3.8, 4) is 0 Å². The van der Waals surface area contributed by atoms with E-state index in [9.17, 15) is 0 Å². The minimum absolute atomic E-state index is 0.544. The fraction of sp³-hybridized carbons (Fsp3) is 1.00. The van der Waals surface area contributed by atoms with Crippen LogP contribution < -0.4 is 5.32 Å². The van der Waals surface area contributed by atoms with Gasteiger partial charge in [-0.05, 0) is 6.42 Å². The number of hydrogen-bond donors (Lipinski definition) is 1. The highest BCUT2D eigenvalue weighted by atomic mass is 127. The minimum atomic E-state index is 0.544. The molecule has 0 aromatic heterocycles. The fourth-order valence-electron chi connectivity index (χ4n) is 1.72. The molecule has 58 valence electrons. The van der Waals surface area contributed by atoms with Crippen molar-refractivity contribution in [3.05, 3.63) is 0 Å². The van der Waals surface area contributed by atoms with E-state index in [1.54, 1.807) is 0 Å². The molecule has 2 rings (SSSR count). The van der Waals surface area contributed by atoms with Gasteiger partial charge in [-0.25, -0.2) is 0 Å². The second-order valence-electron chi connectivity index (χ2n) is 3.39. The van der Waals surface area contributed by atoms with E-state index >= 15 is 0 Å². The van der Waals surface area contributed by atoms with E-state index in [0.717, 1.165) is 11.0 Å². The second-order valence-corrected chi connectivity index (χ2v) is 4.28. The number of hydrogen-bond acceptors (Lipinski definition) is 2. The van der Waals surface area contributed by atoms with Crippen molar-refractivity contribution in [2.75, 3.05) is 24.1 Å². The van der Waals surface area contributed by atoms with Crippen LogP contribution >= 0.6 is 22.6 Å². The minimum Gasteiger partial charge on any atom is -0.377 e. The third-order valence-electron chi connectivity index (χ3n) is 2.46. The van der Waals surface area contributed by atoms with Gasteiger partial charge in [-0.2, -0.15) is 0 Å². The fourth-order valence-corrected chi connectivity index (χ4v) is 2.29. The summed E-state index contributed by atoms with van der Waals surface area (Å²) < 4.78 is 6.76. The lowest BCUT2D eigenvalue weighted by Gasteiger charge is -2.37. The van der Waals surface area contributed by atoms with Gasteiger partial charge in [-0.3, -0.25) is 0 Å². The Morgan fingerprint density at radius 3 is 2.70 bits per heavy atom. The van der Waals surface area contributed by atoms with Crippen LogP contribution in [-0.4, -0.2) is 30.2 Å². The Kier molecular flexibility index (Phi) is 1.90. The van der Waals surface area contributed by atoms with E-state index in [-0.39, 0.29) is 0 Å². The highest BCUT2D eigenvalue weighted by Crippen LogP contribution is 2.36. The third kappa shape index (κ3) is 1.08. The van der Waals surface area contributed by atoms with Crippen molar-refractivity contribution in [3.63, 3.8) is 0 Å². The Labute approximate surface area is 74.8 Å². The standard InChI is InChI=1S/C7H12INO/c8-2-6-1-7(5-10-6)3-9-4-7/h6,9H,1-5H2/t6-/m0/s1. The lowest BCUT2D eigenvalue weighted by molar-refractivity contribution is 0.0894. The van der Waals surface area contributed by atoms with E-state index in [0.29, 0.717) is 11.5 Å². The maximum absolute atomic E-state index is 5.61. The predicted octanol–water partition coefficient (Wildman–Crippen LogP) is 0.800. The Bertz CT molecular complexity index is 136. The molecule has 3 heteroatoms. The topological polar surface area (TPSA) is 21.3 Å². The molecule has 2 aliphatic rings. The highest BCUT2D eigenvalue weighted by Gasteiger charge is 2.44. The lowest BCUT2D eigenvalue weighted by Crippen LogP contribution is -2.53. The molecule has 0 aromatic rings. The molecule has 0 aliphatic carbocycles. The summed E-state index contributed by atoms with van der Waals surface area (Å²) in [6.45, 7) is 3.36. The van der Waals surface area contributed by atoms with Gasteiger partial charge >= 0.3 is 0 Å². The summed E-state index contributed by atoms with van der Waals surface area (Å²) >= 11 is 2.40. The number of alkyl halides is 1. The van der Waals surface area contributed by atoms with Gasteiger partial charge in [0.15, 0.2) is 0 Å². The van der Waals surface area contributed by atoms with Crippen molar-refractivity contribution in [1.29, 1.82) is 0 Å². The van der Waals surface area contributed by atoms with Gasteiger partial charge in [0.2, 0.25) is 0 Å². The first kappa shape index (κ1) is 7.31. The Morgan fingerprint density at radius 2 is 2.40 bits per heavy atom. The summed E-state index contributed by atoms with van der Waals surface area (Å²) in [4.78, 5) is 0. The molecule has 2 fully saturated rings. The van der Waals surface area contributed by atoms with Crippen molar-refractivity contribution >= 4 is 22.6 Å². The van der Waals surface area contributed by atoms with E-state index in [1.165, 1.54) is 19.5 Å². The first-order chi connectivity index (χ1) is 4.85. The van der Waals surface area contributed by atoms with E-state index in [1.807, 2.05) is 0 Å². The van der Waals surface area contributed by atoms with Crippen LogP contribution in [0.4, 0.5) is 0 Å². The smallest absolute Gasteiger partial charge is 0.0671 e. The largest absolute Gasteiger partial charge is 0.377 e. The molecule has 1 N–H and O–H groups in total. The summed E-state index contributed by atoms with van der Waals surface area (Å²) in [6.07, 6.45) is 1.82. The van der Waals surface area contributed by atoms with Gasteiger partial charge in [0.05, 0.1) is 12.7 Å². The molecule has 0 radical (unpaired) electrons. The Morgan fingerprint density at radius 1 is 1.60 bits per heavy atom. The normalized spacial score (nSPS) is 36.3. The first-order valence-electron chi connectivity index (χ1n) is 3.73. The average molecular weight is 253 g/mol. The lowest BCUT2D eigenvalue weighted by atomic mass is 9.80. The maximum Gasteiger partial charge on any atom is 0.0671 e. The average Bonchev–Trinajstić information content (AvgIpc) is 2.29. The SMILES string of the molecule is IC[C@@H]1CC2(CNC2)CO1. The zero-order valence-corrected chi connectivity index (χ0v) is 8.06. The van der Waals surface area contributed by atoms with E-state index < -0.39 is 0 Å². The predicted molar refractivity (Wildman–Crippen MR) is 48.5 cm³/mol. The number of rotatable bonds is 1. The first-order valence-corrected chi connectivity index (χ1v) is 5.26. The molecule has 0 saturated carbocycles. The van der Waals surface area contributed by atoms with Crippen molar-refractivity contribution < 1.29 is 4.74 Å². The Balaban J connectivity index is 1.92. The van der Waals surface area contributed by atoms with Crippen LogP contribution in [0.15, 0.2) is 0 Å². The zero-order valence-electron chi connectivity index (χ0n) is 5.90. The van der Waals surface area contributed by atoms with Crippen molar-refractivity contribution in [2.24, 2.45) is 5.41 Å². The molecule has 0 unspecified atom stereocenters. The summed E-state index contributed by atoms with van der Waals surface area (Å²) in [7, 11) is 0. The van der Waals surface area contributed by atoms with Crippen LogP contribution in [0.25, 0.3) is 0 Å². The second kappa shape index (κ2) is 2.60. The summed E-state index contributed by atoms with van der Waals surface area (Å²) in [5.41, 5.74) is 0.551. The van der Waals surface area contributed by atoms with Gasteiger partial charge in [-0.1, -0.05) is 22.6 Å². The molecule has 0 amide bonds. The van der Waals surface area contributed by atoms with Crippen LogP contribution in [0.1, 0.15) is 6.42 Å². The van der Waals surface area contributed by atoms with Gasteiger partial charge in [0.25, 0.3) is 0 Å². The van der Waals surface area contributed by atoms with Gasteiger partial charge in [-0.15, -0.1) is 0 Å². The molecular weight excluding hydrogens is 241 g/mol. The van der Waals surface area contributed by atoms with Gasteiger partial charge < -0.3 is 10.1 Å². The molecule has 2 nitrogen and oxygen atoms in total. The molecule has 1 spiro atoms. The van der Waals surface area contributed by atoms with Crippen LogP contribution in [-0.2, 0) is 4.74 Å². The van der Waals surface area contributed by atoms with Crippen LogP contribution in [0.3, 0.4) is 0 Å². The monoisotopic (exact) mass is 253 g/mol. The molecule has 0 aromatic carbocycles. The van der Waals surface area contributed by atoms with Crippen LogP contribution in [0.5, 0.6) is 0 Å². The molecular formula is C7H12INO. The summed E-state index contributed by atoms with van der Waals surface area (Å²) in [5.74, 6) is 0. The molecule has 2 heterocycles.